The van der Waals surface area contributed by atoms with Crippen molar-refractivity contribution in [3.8, 4) is 0 Å². The molecule has 0 aromatic heterocycles. The Balaban J connectivity index is 2.68. The maximum absolute atomic E-state index is 5.64. The zero-order chi connectivity index (χ0) is 12.3. The van der Waals surface area contributed by atoms with Crippen LogP contribution in [0.25, 0.3) is 10.8 Å². The molecular formula is C13H16N4. The molecule has 0 aliphatic rings. The van der Waals surface area contributed by atoms with Gasteiger partial charge in [-0.05, 0) is 35.4 Å². The molecule has 2 aromatic rings. The molecule has 0 saturated carbocycles. The Morgan fingerprint density at radius 2 is 1.82 bits per heavy atom. The molecule has 0 aliphatic heterocycles. The molecule has 0 radical (unpaired) electrons. The van der Waals surface area contributed by atoms with Crippen molar-refractivity contribution < 1.29 is 0 Å². The summed E-state index contributed by atoms with van der Waals surface area (Å²) in [7, 11) is 0. The number of aliphatic imine (C=N–C) groups is 1. The zero-order valence-corrected chi connectivity index (χ0v) is 9.56. The van der Waals surface area contributed by atoms with Gasteiger partial charge in [-0.2, -0.15) is 0 Å². The highest BCUT2D eigenvalue weighted by Gasteiger charge is 2.06. The summed E-state index contributed by atoms with van der Waals surface area (Å²) < 4.78 is 0. The minimum atomic E-state index is 0.0681. The number of guanidine groups is 1. The van der Waals surface area contributed by atoms with E-state index in [-0.39, 0.29) is 5.96 Å². The third-order valence-electron chi connectivity index (χ3n) is 2.66. The Labute approximate surface area is 100 Å². The van der Waals surface area contributed by atoms with Crippen LogP contribution >= 0.6 is 0 Å². The minimum Gasteiger partial charge on any atom is -0.370 e. The lowest BCUT2D eigenvalue weighted by atomic mass is 10.0. The Kier molecular flexibility index (Phi) is 3.25. The largest absolute Gasteiger partial charge is 0.370 e. The lowest BCUT2D eigenvalue weighted by Gasteiger charge is -2.09. The summed E-state index contributed by atoms with van der Waals surface area (Å²) in [6.07, 6.45) is 0.757. The lowest BCUT2D eigenvalue weighted by molar-refractivity contribution is 0.976. The first-order valence-electron chi connectivity index (χ1n) is 5.52. The van der Waals surface area contributed by atoms with E-state index in [1.807, 2.05) is 24.3 Å². The molecule has 2 aromatic carbocycles. The lowest BCUT2D eigenvalue weighted by Crippen LogP contribution is -2.22. The van der Waals surface area contributed by atoms with Crippen LogP contribution in [-0.2, 0) is 6.42 Å². The molecule has 0 bridgehead atoms. The monoisotopic (exact) mass is 228 g/mol. The van der Waals surface area contributed by atoms with Gasteiger partial charge in [0.05, 0.1) is 5.69 Å². The van der Waals surface area contributed by atoms with Gasteiger partial charge in [0, 0.05) is 0 Å². The van der Waals surface area contributed by atoms with Crippen LogP contribution in [0.15, 0.2) is 41.4 Å². The second-order valence-electron chi connectivity index (χ2n) is 3.86. The number of rotatable bonds is 3. The van der Waals surface area contributed by atoms with Crippen molar-refractivity contribution >= 4 is 22.4 Å². The van der Waals surface area contributed by atoms with Gasteiger partial charge in [0.15, 0.2) is 5.96 Å². The quantitative estimate of drug-likeness (QED) is 0.545. The van der Waals surface area contributed by atoms with Crippen molar-refractivity contribution in [2.75, 3.05) is 6.54 Å². The molecule has 0 atom stereocenters. The average Bonchev–Trinajstić information content (AvgIpc) is 2.32. The van der Waals surface area contributed by atoms with Gasteiger partial charge in [0.25, 0.3) is 0 Å². The number of hydrogen-bond acceptors (Lipinski definition) is 2. The summed E-state index contributed by atoms with van der Waals surface area (Å²) in [6.45, 7) is 0.570. The van der Waals surface area contributed by atoms with E-state index in [2.05, 4.69) is 17.1 Å². The summed E-state index contributed by atoms with van der Waals surface area (Å²) in [5.41, 5.74) is 18.4. The highest BCUT2D eigenvalue weighted by atomic mass is 15.0. The van der Waals surface area contributed by atoms with E-state index in [0.29, 0.717) is 6.54 Å². The highest BCUT2D eigenvalue weighted by Crippen LogP contribution is 2.28. The predicted octanol–water partition coefficient (Wildman–Crippen LogP) is 1.25. The standard InChI is InChI=1S/C13H16N4/c14-8-7-11-10-4-2-1-3-9(10)5-6-12(11)17-13(15)16/h1-6H,7-8,14H2,(H4,15,16,17). The number of nitrogens with two attached hydrogens (primary N) is 3. The van der Waals surface area contributed by atoms with E-state index >= 15 is 0 Å². The van der Waals surface area contributed by atoms with Crippen molar-refractivity contribution in [2.45, 2.75) is 6.42 Å². The fourth-order valence-electron chi connectivity index (χ4n) is 1.98. The summed E-state index contributed by atoms with van der Waals surface area (Å²) in [5, 5.41) is 2.32. The molecule has 88 valence electrons. The third-order valence-corrected chi connectivity index (χ3v) is 2.66. The van der Waals surface area contributed by atoms with Gasteiger partial charge in [0.1, 0.15) is 0 Å². The van der Waals surface area contributed by atoms with E-state index in [1.54, 1.807) is 0 Å². The molecule has 4 nitrogen and oxygen atoms in total. The van der Waals surface area contributed by atoms with E-state index in [0.717, 1.165) is 23.1 Å². The average molecular weight is 228 g/mol. The first kappa shape index (κ1) is 11.4. The van der Waals surface area contributed by atoms with E-state index < -0.39 is 0 Å². The summed E-state index contributed by atoms with van der Waals surface area (Å²) >= 11 is 0. The molecule has 0 spiro atoms. The molecule has 17 heavy (non-hydrogen) atoms. The predicted molar refractivity (Wildman–Crippen MR) is 72.2 cm³/mol. The number of benzene rings is 2. The van der Waals surface area contributed by atoms with Gasteiger partial charge in [-0.1, -0.05) is 30.3 Å². The van der Waals surface area contributed by atoms with Crippen molar-refractivity contribution in [1.29, 1.82) is 0 Å². The Morgan fingerprint density at radius 3 is 2.53 bits per heavy atom. The van der Waals surface area contributed by atoms with Crippen LogP contribution in [0, 0.1) is 0 Å². The van der Waals surface area contributed by atoms with Gasteiger partial charge in [0.2, 0.25) is 0 Å². The molecule has 4 heteroatoms. The summed E-state index contributed by atoms with van der Waals surface area (Å²) in [6, 6.07) is 12.1. The molecule has 0 fully saturated rings. The summed E-state index contributed by atoms with van der Waals surface area (Å²) in [5.74, 6) is 0.0681. The van der Waals surface area contributed by atoms with Crippen molar-refractivity contribution in [3.63, 3.8) is 0 Å². The van der Waals surface area contributed by atoms with Gasteiger partial charge in [-0.25, -0.2) is 4.99 Å². The van der Waals surface area contributed by atoms with Crippen LogP contribution in [0.5, 0.6) is 0 Å². The van der Waals surface area contributed by atoms with Gasteiger partial charge in [-0.3, -0.25) is 0 Å². The number of hydrogen-bond donors (Lipinski definition) is 3. The molecule has 2 rings (SSSR count). The maximum Gasteiger partial charge on any atom is 0.191 e. The zero-order valence-electron chi connectivity index (χ0n) is 9.56. The second-order valence-corrected chi connectivity index (χ2v) is 3.86. The Bertz CT molecular complexity index is 556. The van der Waals surface area contributed by atoms with Crippen LogP contribution < -0.4 is 17.2 Å². The fraction of sp³-hybridized carbons (Fsp3) is 0.154. The second kappa shape index (κ2) is 4.84. The van der Waals surface area contributed by atoms with E-state index in [9.17, 15) is 0 Å². The number of fused-ring (bicyclic) bond motifs is 1. The minimum absolute atomic E-state index is 0.0681. The molecule has 0 amide bonds. The first-order valence-corrected chi connectivity index (χ1v) is 5.52. The number of nitrogens with zero attached hydrogens (tertiary/aromatic N) is 1. The van der Waals surface area contributed by atoms with Gasteiger partial charge < -0.3 is 17.2 Å². The molecular weight excluding hydrogens is 212 g/mol. The van der Waals surface area contributed by atoms with E-state index in [4.69, 9.17) is 17.2 Å². The first-order chi connectivity index (χ1) is 8.22. The topological polar surface area (TPSA) is 90.4 Å². The highest BCUT2D eigenvalue weighted by molar-refractivity contribution is 5.91. The van der Waals surface area contributed by atoms with Crippen LogP contribution in [0.1, 0.15) is 5.56 Å². The van der Waals surface area contributed by atoms with Gasteiger partial charge in [-0.15, -0.1) is 0 Å². The smallest absolute Gasteiger partial charge is 0.191 e. The SMILES string of the molecule is NCCc1c(N=C(N)N)ccc2ccccc12. The van der Waals surface area contributed by atoms with E-state index in [1.165, 1.54) is 5.39 Å². The van der Waals surface area contributed by atoms with Crippen molar-refractivity contribution in [3.05, 3.63) is 42.0 Å². The molecule has 0 aliphatic carbocycles. The maximum atomic E-state index is 5.64. The van der Waals surface area contributed by atoms with Gasteiger partial charge >= 0.3 is 0 Å². The normalized spacial score (nSPS) is 10.4. The molecule has 0 unspecified atom stereocenters. The van der Waals surface area contributed by atoms with Crippen LogP contribution in [0.3, 0.4) is 0 Å². The Morgan fingerprint density at radius 1 is 1.06 bits per heavy atom. The van der Waals surface area contributed by atoms with Crippen LogP contribution in [-0.4, -0.2) is 12.5 Å². The van der Waals surface area contributed by atoms with Crippen LogP contribution in [0.2, 0.25) is 0 Å². The molecule has 0 saturated heterocycles. The van der Waals surface area contributed by atoms with Crippen LogP contribution in [0.4, 0.5) is 5.69 Å². The van der Waals surface area contributed by atoms with Crippen molar-refractivity contribution in [2.24, 2.45) is 22.2 Å². The van der Waals surface area contributed by atoms with Crippen molar-refractivity contribution in [1.82, 2.24) is 0 Å². The Hall–Kier alpha value is -2.07. The third kappa shape index (κ3) is 2.37. The fourth-order valence-corrected chi connectivity index (χ4v) is 1.98. The summed E-state index contributed by atoms with van der Waals surface area (Å²) in [4.78, 5) is 4.14. The molecule has 6 N–H and O–H groups in total. The molecule has 0 heterocycles.